The van der Waals surface area contributed by atoms with Crippen LogP contribution in [0.15, 0.2) is 109 Å². The summed E-state index contributed by atoms with van der Waals surface area (Å²) in [5.74, 6) is 0.575. The van der Waals surface area contributed by atoms with Gasteiger partial charge in [-0.25, -0.2) is 4.79 Å². The standard InChI is InChI=1S/C28H26N6O9S2.2Na/c1-17-14-25(27(43-3)16-24(17)34-32-19-6-11-22(12-7-19)45(39,40)41)30-28(35)29-23-13-8-20(15-26(23)42-2)33-31-18-4-9-21(10-5-18)44(36,37)38;;/h4-16H,1-3H3,(H2,29,30,35)(H,36,37,38)(H,39,40,41);;. The molecule has 2 amide bonds. The Bertz CT molecular complexity index is 2010. The summed E-state index contributed by atoms with van der Waals surface area (Å²) in [6, 6.07) is 17.6. The van der Waals surface area contributed by atoms with E-state index in [0.717, 1.165) is 0 Å². The van der Waals surface area contributed by atoms with E-state index in [-0.39, 0.29) is 74.7 Å². The fourth-order valence-corrected chi connectivity index (χ4v) is 4.73. The summed E-state index contributed by atoms with van der Waals surface area (Å²) < 4.78 is 73.8. The summed E-state index contributed by atoms with van der Waals surface area (Å²) in [6.07, 6.45) is 0. The van der Waals surface area contributed by atoms with E-state index >= 15 is 0 Å². The van der Waals surface area contributed by atoms with Gasteiger partial charge in [-0.15, -0.1) is 0 Å². The van der Waals surface area contributed by atoms with Gasteiger partial charge in [0.2, 0.25) is 0 Å². The number of anilines is 2. The first-order valence-electron chi connectivity index (χ1n) is 12.7. The number of benzene rings is 4. The summed E-state index contributed by atoms with van der Waals surface area (Å²) in [5.41, 5.74) is 2.81. The van der Waals surface area contributed by atoms with Gasteiger partial charge >= 0.3 is 6.03 Å². The van der Waals surface area contributed by atoms with Gasteiger partial charge in [-0.2, -0.15) is 37.3 Å². The molecule has 0 saturated carbocycles. The van der Waals surface area contributed by atoms with Crippen LogP contribution >= 0.6 is 0 Å². The Morgan fingerprint density at radius 1 is 0.617 bits per heavy atom. The van der Waals surface area contributed by atoms with Gasteiger partial charge in [0, 0.05) is 71.2 Å². The quantitative estimate of drug-likeness (QED) is 0.0837. The normalized spacial score (nSPS) is 11.4. The minimum atomic E-state index is -4.32. The maximum atomic E-state index is 12.9. The smallest absolute Gasteiger partial charge is 0.323 e. The zero-order valence-electron chi connectivity index (χ0n) is 25.9. The molecule has 4 aromatic rings. The van der Waals surface area contributed by atoms with Crippen molar-refractivity contribution in [2.45, 2.75) is 16.7 Å². The maximum Gasteiger partial charge on any atom is 0.323 e. The zero-order chi connectivity index (χ0) is 32.8. The van der Waals surface area contributed by atoms with Crippen LogP contribution in [-0.2, 0) is 20.2 Å². The van der Waals surface area contributed by atoms with Gasteiger partial charge in [0.1, 0.15) is 11.5 Å². The largest absolute Gasteiger partial charge is 0.494 e. The number of hydrogen-bond donors (Lipinski definition) is 4. The summed E-state index contributed by atoms with van der Waals surface area (Å²) in [5, 5.41) is 21.8. The zero-order valence-corrected chi connectivity index (χ0v) is 31.5. The summed E-state index contributed by atoms with van der Waals surface area (Å²) >= 11 is 0. The van der Waals surface area contributed by atoms with E-state index in [1.807, 2.05) is 0 Å². The third-order valence-electron chi connectivity index (χ3n) is 6.02. The predicted molar refractivity (Wildman–Crippen MR) is 176 cm³/mol. The monoisotopic (exact) mass is 700 g/mol. The average molecular weight is 701 g/mol. The molecule has 0 aliphatic carbocycles. The number of amides is 2. The molecule has 47 heavy (non-hydrogen) atoms. The Morgan fingerprint density at radius 3 is 1.53 bits per heavy atom. The van der Waals surface area contributed by atoms with Gasteiger partial charge in [-0.3, -0.25) is 9.11 Å². The van der Waals surface area contributed by atoms with Crippen LogP contribution in [0.25, 0.3) is 0 Å². The van der Waals surface area contributed by atoms with Crippen LogP contribution < -0.4 is 20.1 Å². The molecule has 0 bridgehead atoms. The summed E-state index contributed by atoms with van der Waals surface area (Å²) in [4.78, 5) is 12.3. The second kappa shape index (κ2) is 17.3. The van der Waals surface area contributed by atoms with Crippen LogP contribution in [0.1, 0.15) is 5.56 Å². The van der Waals surface area contributed by atoms with E-state index in [9.17, 15) is 21.6 Å². The molecule has 15 nitrogen and oxygen atoms in total. The molecule has 0 spiro atoms. The molecular weight excluding hydrogens is 674 g/mol. The van der Waals surface area contributed by atoms with Crippen LogP contribution in [0, 0.1) is 6.92 Å². The number of rotatable bonds is 10. The first-order chi connectivity index (χ1) is 21.3. The van der Waals surface area contributed by atoms with E-state index in [0.29, 0.717) is 45.4 Å². The number of azo groups is 2. The van der Waals surface area contributed by atoms with E-state index < -0.39 is 26.3 Å². The first-order valence-corrected chi connectivity index (χ1v) is 15.6. The fourth-order valence-electron chi connectivity index (χ4n) is 3.77. The average Bonchev–Trinajstić information content (AvgIpc) is 2.99. The predicted octanol–water partition coefficient (Wildman–Crippen LogP) is 6.22. The van der Waals surface area contributed by atoms with Gasteiger partial charge in [0.15, 0.2) is 0 Å². The molecule has 0 aliphatic rings. The number of urea groups is 1. The van der Waals surface area contributed by atoms with E-state index in [1.54, 1.807) is 31.2 Å². The molecule has 0 atom stereocenters. The molecule has 4 rings (SSSR count). The summed E-state index contributed by atoms with van der Waals surface area (Å²) in [7, 11) is -5.81. The molecule has 0 unspecified atom stereocenters. The fraction of sp³-hybridized carbons (Fsp3) is 0.107. The van der Waals surface area contributed by atoms with Gasteiger partial charge in [0.25, 0.3) is 20.2 Å². The van der Waals surface area contributed by atoms with Crippen molar-refractivity contribution in [3.05, 3.63) is 84.4 Å². The van der Waals surface area contributed by atoms with Gasteiger partial charge in [-0.1, -0.05) is 0 Å². The van der Waals surface area contributed by atoms with Crippen molar-refractivity contribution in [2.24, 2.45) is 20.5 Å². The minimum Gasteiger partial charge on any atom is -0.494 e. The second-order valence-electron chi connectivity index (χ2n) is 9.14. The Labute approximate surface area is 315 Å². The molecule has 0 saturated heterocycles. The summed E-state index contributed by atoms with van der Waals surface area (Å²) in [6.45, 7) is 1.75. The van der Waals surface area contributed by atoms with Crippen molar-refractivity contribution in [2.75, 3.05) is 24.9 Å². The minimum absolute atomic E-state index is 0. The molecule has 4 N–H and O–H groups in total. The molecule has 0 heterocycles. The van der Waals surface area contributed by atoms with Crippen molar-refractivity contribution in [3.63, 3.8) is 0 Å². The molecule has 19 heteroatoms. The SMILES string of the molecule is COc1cc(N=Nc2ccc(S(=O)(=O)O)cc2)ccc1NC(=O)Nc1cc(C)c(N=Nc2ccc(S(=O)(=O)O)cc2)cc1OC.[Na].[Na]. The number of nitrogens with one attached hydrogen (secondary N) is 2. The van der Waals surface area contributed by atoms with Crippen molar-refractivity contribution in [1.82, 2.24) is 0 Å². The molecule has 0 aromatic heterocycles. The second-order valence-corrected chi connectivity index (χ2v) is 12.0. The van der Waals surface area contributed by atoms with Gasteiger partial charge < -0.3 is 20.1 Å². The van der Waals surface area contributed by atoms with Crippen molar-refractivity contribution >= 4 is 120 Å². The Balaban J connectivity index is 0.00000384. The molecule has 236 valence electrons. The number of nitrogens with zero attached hydrogens (tertiary/aromatic N) is 4. The van der Waals surface area contributed by atoms with Crippen molar-refractivity contribution < 1.29 is 40.2 Å². The van der Waals surface area contributed by atoms with E-state index in [1.165, 1.54) is 68.8 Å². The Kier molecular flexibility index (Phi) is 14.7. The van der Waals surface area contributed by atoms with Crippen LogP contribution in [0.4, 0.5) is 38.9 Å². The molecular formula is C28H26N6Na2O9S2. The van der Waals surface area contributed by atoms with Gasteiger partial charge in [0.05, 0.1) is 58.1 Å². The maximum absolute atomic E-state index is 12.9. The van der Waals surface area contributed by atoms with E-state index in [4.69, 9.17) is 18.6 Å². The molecule has 0 aliphatic heterocycles. The number of methoxy groups -OCH3 is 2. The van der Waals surface area contributed by atoms with Crippen LogP contribution in [0.2, 0.25) is 0 Å². The number of aryl methyl sites for hydroxylation is 1. The van der Waals surface area contributed by atoms with Gasteiger partial charge in [-0.05, 0) is 79.2 Å². The number of carbonyl (C=O) groups excluding carboxylic acids is 1. The van der Waals surface area contributed by atoms with Crippen molar-refractivity contribution in [1.29, 1.82) is 0 Å². The van der Waals surface area contributed by atoms with Crippen molar-refractivity contribution in [3.8, 4) is 11.5 Å². The Hall–Kier alpha value is -3.23. The number of ether oxygens (including phenoxy) is 2. The number of carbonyl (C=O) groups is 1. The third kappa shape index (κ3) is 11.2. The third-order valence-corrected chi connectivity index (χ3v) is 7.76. The Morgan fingerprint density at radius 2 is 1.04 bits per heavy atom. The van der Waals surface area contributed by atoms with Crippen LogP contribution in [-0.4, -0.2) is 105 Å². The number of hydrogen-bond acceptors (Lipinski definition) is 11. The molecule has 2 radical (unpaired) electrons. The molecule has 0 fully saturated rings. The van der Waals surface area contributed by atoms with Crippen LogP contribution in [0.3, 0.4) is 0 Å². The van der Waals surface area contributed by atoms with E-state index in [2.05, 4.69) is 31.1 Å². The topological polar surface area (TPSA) is 218 Å². The first kappa shape index (κ1) is 39.9. The van der Waals surface area contributed by atoms with Crippen LogP contribution in [0.5, 0.6) is 11.5 Å². The molecule has 4 aromatic carbocycles.